The molecule has 0 spiro atoms. The predicted molar refractivity (Wildman–Crippen MR) is 118 cm³/mol. The number of piperidine rings is 1. The minimum Gasteiger partial charge on any atom is -0.550 e. The van der Waals surface area contributed by atoms with E-state index in [9.17, 15) is 24.3 Å². The molecule has 1 N–H and O–H groups in total. The molecule has 1 aromatic heterocycles. The maximum Gasteiger partial charge on any atom is 0.274 e. The third-order valence-electron chi connectivity index (χ3n) is 6.33. The summed E-state index contributed by atoms with van der Waals surface area (Å²) in [5.41, 5.74) is 1.24. The van der Waals surface area contributed by atoms with E-state index in [-0.39, 0.29) is 54.2 Å². The van der Waals surface area contributed by atoms with Gasteiger partial charge in [0, 0.05) is 49.2 Å². The van der Waals surface area contributed by atoms with Gasteiger partial charge in [-0.2, -0.15) is 0 Å². The van der Waals surface area contributed by atoms with Crippen molar-refractivity contribution < 1.29 is 24.2 Å². The highest BCUT2D eigenvalue weighted by Gasteiger charge is 2.36. The molecule has 1 aromatic carbocycles. The minimum absolute atomic E-state index is 0.0293. The van der Waals surface area contributed by atoms with Crippen molar-refractivity contribution in [2.24, 2.45) is 5.92 Å². The Hall–Kier alpha value is -3.62. The van der Waals surface area contributed by atoms with Crippen LogP contribution in [0.5, 0.6) is 5.75 Å². The number of carbonyl (C=O) groups is 3. The summed E-state index contributed by atoms with van der Waals surface area (Å²) < 4.78 is 6.81. The first kappa shape index (κ1) is 22.6. The zero-order valence-corrected chi connectivity index (χ0v) is 18.4. The SMILES string of the molecule is COc1ccc(C(=O)Nc2ccc3n(c2=O)C[C@H]2C[C@@H]3CN(C(=O)CCCC(=O)[O-])C2)cc1. The number of rotatable bonds is 7. The molecule has 2 aliphatic rings. The lowest BCUT2D eigenvalue weighted by atomic mass is 9.83. The number of anilines is 1. The molecule has 2 amide bonds. The number of likely N-dealkylation sites (tertiary alicyclic amines) is 1. The average Bonchev–Trinajstić information content (AvgIpc) is 2.80. The lowest BCUT2D eigenvalue weighted by Gasteiger charge is -2.43. The number of methoxy groups -OCH3 is 1. The van der Waals surface area contributed by atoms with Crippen LogP contribution in [-0.2, 0) is 16.1 Å². The van der Waals surface area contributed by atoms with Crippen LogP contribution in [0.1, 0.15) is 47.7 Å². The number of hydrogen-bond donors (Lipinski definition) is 1. The zero-order valence-electron chi connectivity index (χ0n) is 18.4. The molecule has 4 rings (SSSR count). The Morgan fingerprint density at radius 1 is 1.06 bits per heavy atom. The van der Waals surface area contributed by atoms with E-state index in [0.29, 0.717) is 30.9 Å². The van der Waals surface area contributed by atoms with Gasteiger partial charge in [-0.25, -0.2) is 0 Å². The van der Waals surface area contributed by atoms with Crippen LogP contribution >= 0.6 is 0 Å². The molecule has 9 nitrogen and oxygen atoms in total. The van der Waals surface area contributed by atoms with Gasteiger partial charge in [0.2, 0.25) is 5.91 Å². The number of aliphatic carboxylic acids is 1. The summed E-state index contributed by atoms with van der Waals surface area (Å²) >= 11 is 0. The topological polar surface area (TPSA) is 121 Å². The first-order chi connectivity index (χ1) is 15.9. The standard InChI is InChI=1S/C24H27N3O6/c1-33-18-7-5-16(6-8-18)23(31)25-19-9-10-20-17-11-15(13-27(20)24(19)32)12-26(14-17)21(28)3-2-4-22(29)30/h5-10,15,17H,2-4,11-14H2,1H3,(H,25,31)(H,29,30)/p-1/t15-,17+/m0/s1. The molecule has 3 heterocycles. The summed E-state index contributed by atoms with van der Waals surface area (Å²) in [6, 6.07) is 10.1. The number of amides is 2. The Morgan fingerprint density at radius 3 is 2.52 bits per heavy atom. The quantitative estimate of drug-likeness (QED) is 0.668. The largest absolute Gasteiger partial charge is 0.550 e. The van der Waals surface area contributed by atoms with Crippen molar-refractivity contribution in [1.82, 2.24) is 9.47 Å². The summed E-state index contributed by atoms with van der Waals surface area (Å²) in [5.74, 6) is -0.794. The number of carbonyl (C=O) groups excluding carboxylic acids is 3. The van der Waals surface area contributed by atoms with E-state index in [1.165, 1.54) is 0 Å². The van der Waals surface area contributed by atoms with Gasteiger partial charge in [-0.15, -0.1) is 0 Å². The van der Waals surface area contributed by atoms with E-state index in [0.717, 1.165) is 12.1 Å². The van der Waals surface area contributed by atoms with Gasteiger partial charge in [-0.3, -0.25) is 14.4 Å². The van der Waals surface area contributed by atoms with Gasteiger partial charge >= 0.3 is 0 Å². The molecule has 2 aromatic rings. The summed E-state index contributed by atoms with van der Waals surface area (Å²) in [7, 11) is 1.55. The third kappa shape index (κ3) is 4.92. The van der Waals surface area contributed by atoms with E-state index < -0.39 is 5.97 Å². The van der Waals surface area contributed by atoms with E-state index in [1.54, 1.807) is 46.9 Å². The van der Waals surface area contributed by atoms with Crippen molar-refractivity contribution in [3.63, 3.8) is 0 Å². The Bertz CT molecular complexity index is 1120. The van der Waals surface area contributed by atoms with Gasteiger partial charge < -0.3 is 29.4 Å². The summed E-state index contributed by atoms with van der Waals surface area (Å²) in [4.78, 5) is 50.6. The van der Waals surface area contributed by atoms with Crippen molar-refractivity contribution in [3.8, 4) is 5.75 Å². The molecule has 174 valence electrons. The number of carboxylic acid groups (broad SMARTS) is 1. The van der Waals surface area contributed by atoms with E-state index in [1.807, 2.05) is 6.07 Å². The van der Waals surface area contributed by atoms with E-state index in [2.05, 4.69) is 5.32 Å². The number of aromatic nitrogens is 1. The second-order valence-corrected chi connectivity index (χ2v) is 8.59. The molecule has 33 heavy (non-hydrogen) atoms. The number of carboxylic acids is 1. The number of benzene rings is 1. The highest BCUT2D eigenvalue weighted by atomic mass is 16.5. The maximum absolute atomic E-state index is 13.1. The molecule has 0 saturated carbocycles. The first-order valence-corrected chi connectivity index (χ1v) is 11.0. The lowest BCUT2D eigenvalue weighted by molar-refractivity contribution is -0.305. The Balaban J connectivity index is 1.47. The van der Waals surface area contributed by atoms with Gasteiger partial charge in [-0.05, 0) is 61.6 Å². The predicted octanol–water partition coefficient (Wildman–Crippen LogP) is 0.975. The van der Waals surface area contributed by atoms with Crippen LogP contribution in [0.3, 0.4) is 0 Å². The van der Waals surface area contributed by atoms with Crippen LogP contribution < -0.4 is 20.7 Å². The Morgan fingerprint density at radius 2 is 1.82 bits per heavy atom. The van der Waals surface area contributed by atoms with Gasteiger partial charge in [0.05, 0.1) is 7.11 Å². The summed E-state index contributed by atoms with van der Waals surface area (Å²) in [6.07, 6.45) is 1.20. The van der Waals surface area contributed by atoms with Crippen LogP contribution in [0.2, 0.25) is 0 Å². The molecule has 2 bridgehead atoms. The second-order valence-electron chi connectivity index (χ2n) is 8.59. The van der Waals surface area contributed by atoms with Crippen molar-refractivity contribution in [2.45, 2.75) is 38.1 Å². The van der Waals surface area contributed by atoms with E-state index in [4.69, 9.17) is 4.74 Å². The molecule has 0 aliphatic carbocycles. The smallest absolute Gasteiger partial charge is 0.274 e. The molecule has 2 aliphatic heterocycles. The molecule has 2 atom stereocenters. The highest BCUT2D eigenvalue weighted by Crippen LogP contribution is 2.35. The van der Waals surface area contributed by atoms with Gasteiger partial charge in [0.1, 0.15) is 11.4 Å². The van der Waals surface area contributed by atoms with Gasteiger partial charge in [-0.1, -0.05) is 0 Å². The summed E-state index contributed by atoms with van der Waals surface area (Å²) in [6.45, 7) is 1.51. The van der Waals surface area contributed by atoms with Crippen LogP contribution in [0.15, 0.2) is 41.2 Å². The van der Waals surface area contributed by atoms with Crippen LogP contribution in [0.25, 0.3) is 0 Å². The van der Waals surface area contributed by atoms with Crippen LogP contribution in [0.4, 0.5) is 5.69 Å². The van der Waals surface area contributed by atoms with Gasteiger partial charge in [0.15, 0.2) is 0 Å². The molecule has 0 radical (unpaired) electrons. The van der Waals surface area contributed by atoms with Crippen LogP contribution in [0, 0.1) is 5.92 Å². The molecule has 1 fully saturated rings. The third-order valence-corrected chi connectivity index (χ3v) is 6.33. The van der Waals surface area contributed by atoms with E-state index >= 15 is 0 Å². The average molecular weight is 452 g/mol. The fourth-order valence-electron chi connectivity index (χ4n) is 4.72. The first-order valence-electron chi connectivity index (χ1n) is 11.0. The van der Waals surface area contributed by atoms with Gasteiger partial charge in [0.25, 0.3) is 11.5 Å². The number of ether oxygens (including phenoxy) is 1. The second kappa shape index (κ2) is 9.48. The fraction of sp³-hybridized carbons (Fsp3) is 0.417. The molecule has 9 heteroatoms. The normalized spacial score (nSPS) is 18.9. The fourth-order valence-corrected chi connectivity index (χ4v) is 4.72. The number of hydrogen-bond acceptors (Lipinski definition) is 6. The van der Waals surface area contributed by atoms with Crippen molar-refractivity contribution in [2.75, 3.05) is 25.5 Å². The van der Waals surface area contributed by atoms with Crippen LogP contribution in [-0.4, -0.2) is 47.4 Å². The minimum atomic E-state index is -1.15. The zero-order chi connectivity index (χ0) is 23.5. The highest BCUT2D eigenvalue weighted by molar-refractivity contribution is 6.04. The van der Waals surface area contributed by atoms with Crippen molar-refractivity contribution in [3.05, 3.63) is 58.0 Å². The summed E-state index contributed by atoms with van der Waals surface area (Å²) in [5, 5.41) is 13.3. The van der Waals surface area contributed by atoms with Crippen molar-refractivity contribution >= 4 is 23.5 Å². The number of pyridine rings is 1. The lowest BCUT2D eigenvalue weighted by Crippen LogP contribution is -2.49. The Kier molecular flexibility index (Phi) is 6.48. The molecular weight excluding hydrogens is 426 g/mol. The molecule has 0 unspecified atom stereocenters. The number of fused-ring (bicyclic) bond motifs is 4. The molecule has 1 saturated heterocycles. The number of nitrogens with zero attached hydrogens (tertiary/aromatic N) is 2. The van der Waals surface area contributed by atoms with Crippen molar-refractivity contribution in [1.29, 1.82) is 0 Å². The number of nitrogens with one attached hydrogen (secondary N) is 1. The monoisotopic (exact) mass is 452 g/mol. The Labute approximate surface area is 191 Å². The maximum atomic E-state index is 13.1. The molecular formula is C24H26N3O6-.